The first-order chi connectivity index (χ1) is 10.3. The van der Waals surface area contributed by atoms with E-state index < -0.39 is 18.0 Å². The predicted octanol–water partition coefficient (Wildman–Crippen LogP) is 2.60. The lowest BCUT2D eigenvalue weighted by atomic mass is 9.93. The van der Waals surface area contributed by atoms with Gasteiger partial charge in [0.15, 0.2) is 0 Å². The summed E-state index contributed by atoms with van der Waals surface area (Å²) in [7, 11) is 0. The van der Waals surface area contributed by atoms with Gasteiger partial charge in [0.1, 0.15) is 0 Å². The molecule has 0 aliphatic heterocycles. The number of aliphatic hydroxyl groups is 1. The van der Waals surface area contributed by atoms with Crippen molar-refractivity contribution in [2.45, 2.75) is 45.6 Å². The van der Waals surface area contributed by atoms with Gasteiger partial charge in [0.2, 0.25) is 0 Å². The summed E-state index contributed by atoms with van der Waals surface area (Å²) in [5.74, 6) is -0.830. The molecule has 0 spiro atoms. The highest BCUT2D eigenvalue weighted by molar-refractivity contribution is 5.87. The summed E-state index contributed by atoms with van der Waals surface area (Å²) < 4.78 is 9.99. The highest BCUT2D eigenvalue weighted by atomic mass is 16.5. The summed E-state index contributed by atoms with van der Waals surface area (Å²) in [6.07, 6.45) is 1.95. The normalized spacial score (nSPS) is 11.9. The molecule has 125 valence electrons. The average Bonchev–Trinajstić information content (AvgIpc) is 2.44. The molecule has 0 aliphatic rings. The molecule has 1 atom stereocenters. The van der Waals surface area contributed by atoms with Gasteiger partial charge in [-0.3, -0.25) is 0 Å². The molecule has 1 radical (unpaired) electrons. The van der Waals surface area contributed by atoms with Crippen molar-refractivity contribution in [2.24, 2.45) is 5.92 Å². The van der Waals surface area contributed by atoms with Crippen LogP contribution in [0.1, 0.15) is 39.5 Å². The Morgan fingerprint density at radius 2 is 1.32 bits per heavy atom. The molecule has 0 heterocycles. The topological polar surface area (TPSA) is 72.8 Å². The van der Waals surface area contributed by atoms with E-state index in [0.717, 1.165) is 0 Å². The third-order valence-electron chi connectivity index (χ3n) is 3.15. The summed E-state index contributed by atoms with van der Waals surface area (Å²) in [4.78, 5) is 22.4. The van der Waals surface area contributed by atoms with Gasteiger partial charge in [-0.15, -0.1) is 0 Å². The van der Waals surface area contributed by atoms with Crippen LogP contribution in [0.3, 0.4) is 0 Å². The molecule has 0 saturated heterocycles. The van der Waals surface area contributed by atoms with E-state index in [1.54, 1.807) is 13.8 Å². The molecule has 0 aromatic rings. The van der Waals surface area contributed by atoms with E-state index in [9.17, 15) is 14.7 Å². The molecule has 1 N–H and O–H groups in total. The fraction of sp³-hybridized carbons (Fsp3) is 0.588. The highest BCUT2D eigenvalue weighted by Gasteiger charge is 2.15. The summed E-state index contributed by atoms with van der Waals surface area (Å²) >= 11 is 0. The molecule has 1 unspecified atom stereocenters. The lowest BCUT2D eigenvalue weighted by Gasteiger charge is -2.19. The van der Waals surface area contributed by atoms with E-state index >= 15 is 0 Å². The van der Waals surface area contributed by atoms with Crippen molar-refractivity contribution in [2.75, 3.05) is 13.2 Å². The third-order valence-corrected chi connectivity index (χ3v) is 3.15. The number of rotatable bonds is 11. The van der Waals surface area contributed by atoms with E-state index in [2.05, 4.69) is 20.1 Å². The second-order valence-corrected chi connectivity index (χ2v) is 5.44. The van der Waals surface area contributed by atoms with Crippen LogP contribution in [0.2, 0.25) is 0 Å². The SMILES string of the molecule is [CH2]C(O)C(CCCOC(=O)C(=C)C)CCCOC(=O)C(=C)C. The minimum atomic E-state index is -0.700. The number of carbonyl (C=O) groups excluding carboxylic acids is 2. The van der Waals surface area contributed by atoms with Crippen LogP contribution < -0.4 is 0 Å². The van der Waals surface area contributed by atoms with Crippen LogP contribution in [0, 0.1) is 12.8 Å². The Hall–Kier alpha value is -1.62. The molecule has 0 bridgehead atoms. The van der Waals surface area contributed by atoms with Gasteiger partial charge < -0.3 is 14.6 Å². The van der Waals surface area contributed by atoms with Crippen molar-refractivity contribution < 1.29 is 24.2 Å². The molecular weight excluding hydrogens is 284 g/mol. The Labute approximate surface area is 133 Å². The molecule has 0 saturated carbocycles. The lowest BCUT2D eigenvalue weighted by molar-refractivity contribution is -0.139. The van der Waals surface area contributed by atoms with Gasteiger partial charge in [0, 0.05) is 11.1 Å². The Morgan fingerprint density at radius 3 is 1.59 bits per heavy atom. The standard InChI is InChI=1S/C17H27O5/c1-12(2)16(19)21-10-6-8-15(14(5)18)9-7-11-22-17(20)13(3)4/h14-15,18H,1,3,5-11H2,2,4H3. The number of aliphatic hydroxyl groups excluding tert-OH is 1. The quantitative estimate of drug-likeness (QED) is 0.361. The van der Waals surface area contributed by atoms with Crippen LogP contribution in [-0.4, -0.2) is 36.4 Å². The summed E-state index contributed by atoms with van der Waals surface area (Å²) in [5.41, 5.74) is 0.737. The largest absolute Gasteiger partial charge is 0.462 e. The van der Waals surface area contributed by atoms with Crippen molar-refractivity contribution in [3.8, 4) is 0 Å². The summed E-state index contributed by atoms with van der Waals surface area (Å²) in [6, 6.07) is 0. The second kappa shape index (κ2) is 11.0. The van der Waals surface area contributed by atoms with Gasteiger partial charge in [-0.25, -0.2) is 9.59 Å². The molecule has 0 rings (SSSR count). The smallest absolute Gasteiger partial charge is 0.333 e. The van der Waals surface area contributed by atoms with Gasteiger partial charge in [-0.1, -0.05) is 13.2 Å². The van der Waals surface area contributed by atoms with Crippen LogP contribution >= 0.6 is 0 Å². The fourth-order valence-electron chi connectivity index (χ4n) is 1.80. The summed E-state index contributed by atoms with van der Waals surface area (Å²) in [5, 5.41) is 9.65. The van der Waals surface area contributed by atoms with Crippen LogP contribution in [0.5, 0.6) is 0 Å². The van der Waals surface area contributed by atoms with Crippen LogP contribution in [0.4, 0.5) is 0 Å². The first-order valence-corrected chi connectivity index (χ1v) is 7.42. The van der Waals surface area contributed by atoms with E-state index in [1.165, 1.54) is 0 Å². The maximum absolute atomic E-state index is 11.2. The number of carbonyl (C=O) groups is 2. The Bertz CT molecular complexity index is 364. The third kappa shape index (κ3) is 9.34. The predicted molar refractivity (Wildman–Crippen MR) is 84.9 cm³/mol. The fourth-order valence-corrected chi connectivity index (χ4v) is 1.80. The maximum Gasteiger partial charge on any atom is 0.333 e. The molecule has 5 heteroatoms. The maximum atomic E-state index is 11.2. The first kappa shape index (κ1) is 20.4. The molecule has 0 amide bonds. The molecule has 22 heavy (non-hydrogen) atoms. The Kier molecular flexibility index (Phi) is 10.2. The molecule has 0 fully saturated rings. The molecule has 0 aromatic carbocycles. The Morgan fingerprint density at radius 1 is 0.955 bits per heavy atom. The first-order valence-electron chi connectivity index (χ1n) is 7.42. The molecular formula is C17H27O5. The monoisotopic (exact) mass is 311 g/mol. The van der Waals surface area contributed by atoms with Crippen molar-refractivity contribution in [3.05, 3.63) is 31.2 Å². The number of hydrogen-bond donors (Lipinski definition) is 1. The summed E-state index contributed by atoms with van der Waals surface area (Å²) in [6.45, 7) is 14.4. The second-order valence-electron chi connectivity index (χ2n) is 5.44. The number of ether oxygens (including phenoxy) is 2. The van der Waals surface area contributed by atoms with E-state index in [4.69, 9.17) is 9.47 Å². The van der Waals surface area contributed by atoms with Gasteiger partial charge in [0.25, 0.3) is 0 Å². The van der Waals surface area contributed by atoms with Crippen LogP contribution in [0.25, 0.3) is 0 Å². The molecule has 5 nitrogen and oxygen atoms in total. The number of esters is 2. The van der Waals surface area contributed by atoms with Crippen molar-refractivity contribution in [1.82, 2.24) is 0 Å². The molecule has 0 aliphatic carbocycles. The minimum absolute atomic E-state index is 0.0212. The van der Waals surface area contributed by atoms with Gasteiger partial charge in [-0.2, -0.15) is 0 Å². The average molecular weight is 311 g/mol. The lowest BCUT2D eigenvalue weighted by Crippen LogP contribution is -2.19. The van der Waals surface area contributed by atoms with Crippen molar-refractivity contribution in [1.29, 1.82) is 0 Å². The zero-order valence-corrected chi connectivity index (χ0v) is 13.6. The molecule has 0 aromatic heterocycles. The van der Waals surface area contributed by atoms with E-state index in [0.29, 0.717) is 50.0 Å². The van der Waals surface area contributed by atoms with Crippen molar-refractivity contribution >= 4 is 11.9 Å². The van der Waals surface area contributed by atoms with Crippen LogP contribution in [-0.2, 0) is 19.1 Å². The van der Waals surface area contributed by atoms with Crippen LogP contribution in [0.15, 0.2) is 24.3 Å². The van der Waals surface area contributed by atoms with Gasteiger partial charge >= 0.3 is 11.9 Å². The minimum Gasteiger partial charge on any atom is -0.462 e. The highest BCUT2D eigenvalue weighted by Crippen LogP contribution is 2.18. The van der Waals surface area contributed by atoms with Gasteiger partial charge in [-0.05, 0) is 52.4 Å². The Balaban J connectivity index is 3.92. The number of hydrogen-bond acceptors (Lipinski definition) is 5. The van der Waals surface area contributed by atoms with Gasteiger partial charge in [0.05, 0.1) is 19.3 Å². The zero-order valence-electron chi connectivity index (χ0n) is 13.6. The zero-order chi connectivity index (χ0) is 17.1. The van der Waals surface area contributed by atoms with E-state index in [1.807, 2.05) is 0 Å². The van der Waals surface area contributed by atoms with E-state index in [-0.39, 0.29) is 5.92 Å². The van der Waals surface area contributed by atoms with Crippen molar-refractivity contribution in [3.63, 3.8) is 0 Å².